The van der Waals surface area contributed by atoms with Crippen LogP contribution in [0.1, 0.15) is 13.3 Å². The number of aromatic nitrogens is 2. The molecule has 0 aliphatic carbocycles. The van der Waals surface area contributed by atoms with E-state index in [9.17, 15) is 4.79 Å². The molecule has 0 radical (unpaired) electrons. The Morgan fingerprint density at radius 2 is 2.16 bits per heavy atom. The zero-order valence-corrected chi connectivity index (χ0v) is 11.3. The van der Waals surface area contributed by atoms with Crippen molar-refractivity contribution in [3.63, 3.8) is 0 Å². The van der Waals surface area contributed by atoms with Gasteiger partial charge in [-0.2, -0.15) is 0 Å². The largest absolute Gasteiger partial charge is 0.326 e. The first-order chi connectivity index (χ1) is 9.26. The molecule has 0 saturated carbocycles. The molecule has 1 amide bonds. The summed E-state index contributed by atoms with van der Waals surface area (Å²) >= 11 is 1.61. The van der Waals surface area contributed by atoms with Crippen LogP contribution in [-0.4, -0.2) is 15.3 Å². The molecule has 0 saturated heterocycles. The van der Waals surface area contributed by atoms with Gasteiger partial charge >= 0.3 is 0 Å². The minimum atomic E-state index is 0.0234. The first-order valence-electron chi connectivity index (χ1n) is 6.09. The summed E-state index contributed by atoms with van der Waals surface area (Å²) < 4.78 is 2.01. The van der Waals surface area contributed by atoms with E-state index in [0.29, 0.717) is 6.42 Å². The van der Waals surface area contributed by atoms with Crippen molar-refractivity contribution in [2.45, 2.75) is 13.3 Å². The Balaban J connectivity index is 1.85. The Kier molecular flexibility index (Phi) is 3.05. The fourth-order valence-corrected chi connectivity index (χ4v) is 2.54. The highest BCUT2D eigenvalue weighted by Gasteiger charge is 2.05. The van der Waals surface area contributed by atoms with Crippen molar-refractivity contribution >= 4 is 27.9 Å². The van der Waals surface area contributed by atoms with Crippen molar-refractivity contribution in [1.82, 2.24) is 9.38 Å². The molecule has 0 aliphatic rings. The Morgan fingerprint density at radius 3 is 2.84 bits per heavy atom. The summed E-state index contributed by atoms with van der Waals surface area (Å²) in [5.41, 5.74) is 2.81. The smallest absolute Gasteiger partial charge is 0.224 e. The monoisotopic (exact) mass is 271 g/mol. The molecule has 3 aromatic rings. The van der Waals surface area contributed by atoms with Crippen LogP contribution in [0.3, 0.4) is 0 Å². The van der Waals surface area contributed by atoms with Gasteiger partial charge in [-0.15, -0.1) is 11.3 Å². The molecular weight excluding hydrogens is 258 g/mol. The zero-order chi connectivity index (χ0) is 13.2. The number of hydrogen-bond donors (Lipinski definition) is 1. The molecule has 1 aromatic carbocycles. The molecule has 4 nitrogen and oxygen atoms in total. The number of hydrogen-bond acceptors (Lipinski definition) is 3. The Morgan fingerprint density at radius 1 is 1.37 bits per heavy atom. The molecule has 0 atom stereocenters. The normalized spacial score (nSPS) is 10.8. The van der Waals surface area contributed by atoms with Crippen molar-refractivity contribution in [1.29, 1.82) is 0 Å². The van der Waals surface area contributed by atoms with E-state index in [0.717, 1.165) is 21.9 Å². The van der Waals surface area contributed by atoms with Crippen LogP contribution in [0, 0.1) is 0 Å². The van der Waals surface area contributed by atoms with Crippen molar-refractivity contribution in [3.8, 4) is 11.3 Å². The number of benzene rings is 1. The number of nitrogens with zero attached hydrogens (tertiary/aromatic N) is 2. The van der Waals surface area contributed by atoms with E-state index in [-0.39, 0.29) is 5.91 Å². The number of fused-ring (bicyclic) bond motifs is 1. The summed E-state index contributed by atoms with van der Waals surface area (Å²) in [7, 11) is 0. The lowest BCUT2D eigenvalue weighted by atomic mass is 10.1. The third kappa shape index (κ3) is 2.37. The highest BCUT2D eigenvalue weighted by molar-refractivity contribution is 7.15. The molecule has 2 aromatic heterocycles. The summed E-state index contributed by atoms with van der Waals surface area (Å²) in [6.45, 7) is 1.83. The van der Waals surface area contributed by atoms with Crippen molar-refractivity contribution in [3.05, 3.63) is 42.0 Å². The van der Waals surface area contributed by atoms with E-state index >= 15 is 0 Å². The molecule has 0 fully saturated rings. The van der Waals surface area contributed by atoms with E-state index in [1.165, 1.54) is 0 Å². The van der Waals surface area contributed by atoms with E-state index in [4.69, 9.17) is 0 Å². The fourth-order valence-electron chi connectivity index (χ4n) is 1.84. The maximum Gasteiger partial charge on any atom is 0.224 e. The van der Waals surface area contributed by atoms with E-state index in [2.05, 4.69) is 10.3 Å². The lowest BCUT2D eigenvalue weighted by Crippen LogP contribution is -2.08. The SMILES string of the molecule is CCC(=O)Nc1ccc(-c2cn3ccsc3n2)cc1. The highest BCUT2D eigenvalue weighted by Crippen LogP contribution is 2.23. The van der Waals surface area contributed by atoms with Gasteiger partial charge < -0.3 is 5.32 Å². The van der Waals surface area contributed by atoms with Crippen LogP contribution < -0.4 is 5.32 Å². The third-order valence-corrected chi connectivity index (χ3v) is 3.65. The highest BCUT2D eigenvalue weighted by atomic mass is 32.1. The summed E-state index contributed by atoms with van der Waals surface area (Å²) in [6, 6.07) is 7.74. The van der Waals surface area contributed by atoms with Gasteiger partial charge in [0.25, 0.3) is 0 Å². The maximum absolute atomic E-state index is 11.3. The second-order valence-electron chi connectivity index (χ2n) is 4.20. The second kappa shape index (κ2) is 4.85. The molecular formula is C14H13N3OS. The molecule has 0 unspecified atom stereocenters. The van der Waals surface area contributed by atoms with Gasteiger partial charge in [-0.3, -0.25) is 9.20 Å². The lowest BCUT2D eigenvalue weighted by Gasteiger charge is -2.03. The van der Waals surface area contributed by atoms with Gasteiger partial charge in [-0.25, -0.2) is 4.98 Å². The zero-order valence-electron chi connectivity index (χ0n) is 10.5. The minimum absolute atomic E-state index is 0.0234. The molecule has 19 heavy (non-hydrogen) atoms. The van der Waals surface area contributed by atoms with Gasteiger partial charge in [0.05, 0.1) is 5.69 Å². The number of carbonyl (C=O) groups excluding carboxylic acids is 1. The third-order valence-electron chi connectivity index (χ3n) is 2.88. The Hall–Kier alpha value is -2.14. The number of carbonyl (C=O) groups is 1. The average Bonchev–Trinajstić information content (AvgIpc) is 3.00. The molecule has 2 heterocycles. The van der Waals surface area contributed by atoms with Gasteiger partial charge in [-0.05, 0) is 12.1 Å². The summed E-state index contributed by atoms with van der Waals surface area (Å²) in [6.07, 6.45) is 4.48. The fraction of sp³-hybridized carbons (Fsp3) is 0.143. The molecule has 96 valence electrons. The van der Waals surface area contributed by atoms with Gasteiger partial charge in [0.1, 0.15) is 0 Å². The standard InChI is InChI=1S/C14H13N3OS/c1-2-13(18)15-11-5-3-10(4-6-11)12-9-17-7-8-19-14(17)16-12/h3-9H,2H2,1H3,(H,15,18). The average molecular weight is 271 g/mol. The summed E-state index contributed by atoms with van der Waals surface area (Å²) in [5.74, 6) is 0.0234. The van der Waals surface area contributed by atoms with Gasteiger partial charge in [0.2, 0.25) is 5.91 Å². The number of imidazole rings is 1. The van der Waals surface area contributed by atoms with Crippen LogP contribution >= 0.6 is 11.3 Å². The van der Waals surface area contributed by atoms with Gasteiger partial charge in [0.15, 0.2) is 4.96 Å². The number of nitrogens with one attached hydrogen (secondary N) is 1. The quantitative estimate of drug-likeness (QED) is 0.793. The van der Waals surface area contributed by atoms with Crippen molar-refractivity contribution in [2.24, 2.45) is 0 Å². The molecule has 0 aliphatic heterocycles. The topological polar surface area (TPSA) is 46.4 Å². The predicted octanol–water partition coefficient (Wildman–Crippen LogP) is 3.41. The molecule has 3 rings (SSSR count). The van der Waals surface area contributed by atoms with Crippen molar-refractivity contribution in [2.75, 3.05) is 5.32 Å². The molecule has 0 bridgehead atoms. The van der Waals surface area contributed by atoms with E-state index in [1.54, 1.807) is 11.3 Å². The maximum atomic E-state index is 11.3. The number of thiazole rings is 1. The summed E-state index contributed by atoms with van der Waals surface area (Å²) in [5, 5.41) is 4.84. The van der Waals surface area contributed by atoms with Crippen LogP contribution in [0.2, 0.25) is 0 Å². The van der Waals surface area contributed by atoms with Crippen LogP contribution in [0.5, 0.6) is 0 Å². The molecule has 0 spiro atoms. The van der Waals surface area contributed by atoms with Gasteiger partial charge in [0, 0.05) is 35.4 Å². The van der Waals surface area contributed by atoms with E-state index in [1.807, 2.05) is 53.4 Å². The van der Waals surface area contributed by atoms with E-state index < -0.39 is 0 Å². The summed E-state index contributed by atoms with van der Waals surface area (Å²) in [4.78, 5) is 16.8. The second-order valence-corrected chi connectivity index (χ2v) is 5.07. The predicted molar refractivity (Wildman–Crippen MR) is 77.4 cm³/mol. The molecule has 1 N–H and O–H groups in total. The Labute approximate surface area is 114 Å². The van der Waals surface area contributed by atoms with Gasteiger partial charge in [-0.1, -0.05) is 19.1 Å². The van der Waals surface area contributed by atoms with Crippen molar-refractivity contribution < 1.29 is 4.79 Å². The Bertz CT molecular complexity index is 683. The first-order valence-corrected chi connectivity index (χ1v) is 6.96. The number of amides is 1. The number of rotatable bonds is 3. The van der Waals surface area contributed by atoms with Crippen LogP contribution in [0.4, 0.5) is 5.69 Å². The number of anilines is 1. The lowest BCUT2D eigenvalue weighted by molar-refractivity contribution is -0.115. The van der Waals surface area contributed by atoms with Crippen LogP contribution in [-0.2, 0) is 4.79 Å². The van der Waals surface area contributed by atoms with Crippen LogP contribution in [0.25, 0.3) is 16.2 Å². The first kappa shape index (κ1) is 11.9. The minimum Gasteiger partial charge on any atom is -0.326 e. The van der Waals surface area contributed by atoms with Crippen LogP contribution in [0.15, 0.2) is 42.0 Å². The molecule has 5 heteroatoms.